The smallest absolute Gasteiger partial charge is 0.228 e. The molecule has 0 amide bonds. The van der Waals surface area contributed by atoms with Crippen molar-refractivity contribution in [1.82, 2.24) is 19.9 Å². The first-order valence-electron chi connectivity index (χ1n) is 10.7. The molecule has 1 aromatic carbocycles. The van der Waals surface area contributed by atoms with Gasteiger partial charge in [-0.15, -0.1) is 0 Å². The highest BCUT2D eigenvalue weighted by atomic mass is 16.5. The summed E-state index contributed by atoms with van der Waals surface area (Å²) < 4.78 is 5.52. The average Bonchev–Trinajstić information content (AvgIpc) is 3.20. The van der Waals surface area contributed by atoms with Gasteiger partial charge in [0, 0.05) is 60.3 Å². The monoisotopic (exact) mass is 414 g/mol. The lowest BCUT2D eigenvalue weighted by Gasteiger charge is -2.27. The molecule has 158 valence electrons. The predicted molar refractivity (Wildman–Crippen MR) is 124 cm³/mol. The van der Waals surface area contributed by atoms with Gasteiger partial charge in [-0.25, -0.2) is 4.98 Å². The Hall–Kier alpha value is -3.45. The topological polar surface area (TPSA) is 79.0 Å². The fraction of sp³-hybridized carbons (Fsp3) is 0.292. The lowest BCUT2D eigenvalue weighted by atomic mass is 10.1. The van der Waals surface area contributed by atoms with E-state index in [1.807, 2.05) is 18.3 Å². The van der Waals surface area contributed by atoms with Gasteiger partial charge in [0.1, 0.15) is 5.82 Å². The molecule has 4 heterocycles. The Bertz CT molecular complexity index is 1170. The number of fused-ring (bicyclic) bond motifs is 1. The maximum atomic E-state index is 5.52. The second kappa shape index (κ2) is 8.73. The van der Waals surface area contributed by atoms with Crippen molar-refractivity contribution in [3.63, 3.8) is 0 Å². The van der Waals surface area contributed by atoms with E-state index in [1.165, 1.54) is 10.9 Å². The first kappa shape index (κ1) is 19.5. The number of anilines is 2. The second-order valence-electron chi connectivity index (χ2n) is 7.80. The molecule has 0 unspecified atom stereocenters. The standard InChI is InChI=1S/C24H26N6O/c1-17-14-20-19(5-2-6-21(20)27-17)22-15-23(26-9-7-18-4-3-8-25-16-18)29-24(28-22)30-10-12-31-13-11-30/h2-6,8,14-16,27H,7,9-13H2,1H3,(H,26,28,29). The van der Waals surface area contributed by atoms with Gasteiger partial charge in [0.2, 0.25) is 5.95 Å². The van der Waals surface area contributed by atoms with E-state index < -0.39 is 0 Å². The van der Waals surface area contributed by atoms with Gasteiger partial charge in [-0.1, -0.05) is 18.2 Å². The summed E-state index contributed by atoms with van der Waals surface area (Å²) in [4.78, 5) is 19.6. The summed E-state index contributed by atoms with van der Waals surface area (Å²) in [5.74, 6) is 1.58. The van der Waals surface area contributed by atoms with Crippen LogP contribution in [0.25, 0.3) is 22.2 Å². The van der Waals surface area contributed by atoms with E-state index in [1.54, 1.807) is 6.20 Å². The molecule has 1 aliphatic heterocycles. The van der Waals surface area contributed by atoms with E-state index >= 15 is 0 Å². The summed E-state index contributed by atoms with van der Waals surface area (Å²) in [7, 11) is 0. The molecule has 0 spiro atoms. The molecule has 7 nitrogen and oxygen atoms in total. The Kier molecular flexibility index (Phi) is 5.50. The number of aryl methyl sites for hydroxylation is 1. The quantitative estimate of drug-likeness (QED) is 0.499. The van der Waals surface area contributed by atoms with Gasteiger partial charge in [0.25, 0.3) is 0 Å². The highest BCUT2D eigenvalue weighted by Gasteiger charge is 2.17. The van der Waals surface area contributed by atoms with E-state index in [2.05, 4.69) is 57.4 Å². The largest absolute Gasteiger partial charge is 0.378 e. The highest BCUT2D eigenvalue weighted by molar-refractivity contribution is 5.95. The van der Waals surface area contributed by atoms with Crippen LogP contribution in [-0.2, 0) is 11.2 Å². The Labute approximate surface area is 181 Å². The summed E-state index contributed by atoms with van der Waals surface area (Å²) in [6.07, 6.45) is 4.58. The highest BCUT2D eigenvalue weighted by Crippen LogP contribution is 2.30. The van der Waals surface area contributed by atoms with Crippen LogP contribution in [0.3, 0.4) is 0 Å². The van der Waals surface area contributed by atoms with Crippen LogP contribution in [-0.4, -0.2) is 52.8 Å². The fourth-order valence-electron chi connectivity index (χ4n) is 3.97. The lowest BCUT2D eigenvalue weighted by Crippen LogP contribution is -2.37. The van der Waals surface area contributed by atoms with Crippen molar-refractivity contribution in [2.24, 2.45) is 0 Å². The van der Waals surface area contributed by atoms with Gasteiger partial charge >= 0.3 is 0 Å². The molecule has 0 atom stereocenters. The lowest BCUT2D eigenvalue weighted by molar-refractivity contribution is 0.122. The molecule has 7 heteroatoms. The summed E-state index contributed by atoms with van der Waals surface area (Å²) in [6, 6.07) is 14.6. The number of morpholine rings is 1. The molecule has 1 saturated heterocycles. The summed E-state index contributed by atoms with van der Waals surface area (Å²) >= 11 is 0. The number of nitrogens with zero attached hydrogens (tertiary/aromatic N) is 4. The number of pyridine rings is 1. The second-order valence-corrected chi connectivity index (χ2v) is 7.80. The minimum atomic E-state index is 0.698. The van der Waals surface area contributed by atoms with Gasteiger partial charge < -0.3 is 19.9 Å². The van der Waals surface area contributed by atoms with Crippen molar-refractivity contribution in [2.45, 2.75) is 13.3 Å². The Morgan fingerprint density at radius 3 is 2.84 bits per heavy atom. The molecule has 1 aliphatic rings. The summed E-state index contributed by atoms with van der Waals surface area (Å²) in [5, 5.41) is 4.67. The van der Waals surface area contributed by atoms with E-state index in [9.17, 15) is 0 Å². The molecule has 0 saturated carbocycles. The van der Waals surface area contributed by atoms with Crippen molar-refractivity contribution in [3.8, 4) is 11.3 Å². The third-order valence-corrected chi connectivity index (χ3v) is 5.53. The number of aromatic nitrogens is 4. The number of ether oxygens (including phenoxy) is 1. The average molecular weight is 415 g/mol. The number of rotatable bonds is 6. The van der Waals surface area contributed by atoms with Crippen LogP contribution < -0.4 is 10.2 Å². The molecule has 5 rings (SSSR count). The fourth-order valence-corrected chi connectivity index (χ4v) is 3.97. The Morgan fingerprint density at radius 2 is 2.00 bits per heavy atom. The Balaban J connectivity index is 1.48. The normalized spacial score (nSPS) is 14.2. The van der Waals surface area contributed by atoms with E-state index in [-0.39, 0.29) is 0 Å². The number of H-pyrrole nitrogens is 1. The van der Waals surface area contributed by atoms with E-state index in [0.717, 1.165) is 60.3 Å². The van der Waals surface area contributed by atoms with Crippen molar-refractivity contribution in [2.75, 3.05) is 43.1 Å². The molecule has 0 aliphatic carbocycles. The number of hydrogen-bond acceptors (Lipinski definition) is 6. The number of hydrogen-bond donors (Lipinski definition) is 2. The number of aromatic amines is 1. The Morgan fingerprint density at radius 1 is 1.10 bits per heavy atom. The first-order valence-corrected chi connectivity index (χ1v) is 10.7. The van der Waals surface area contributed by atoms with Crippen LogP contribution in [0.5, 0.6) is 0 Å². The molecule has 3 aromatic heterocycles. The molecular formula is C24H26N6O. The summed E-state index contributed by atoms with van der Waals surface area (Å²) in [6.45, 7) is 5.85. The predicted octanol–water partition coefficient (Wildman–Crippen LogP) is 3.82. The van der Waals surface area contributed by atoms with E-state index in [0.29, 0.717) is 13.2 Å². The zero-order chi connectivity index (χ0) is 21.0. The molecule has 4 aromatic rings. The molecule has 2 N–H and O–H groups in total. The van der Waals surface area contributed by atoms with Crippen LogP contribution in [0.15, 0.2) is 54.9 Å². The molecule has 0 bridgehead atoms. The van der Waals surface area contributed by atoms with Crippen LogP contribution in [0.2, 0.25) is 0 Å². The van der Waals surface area contributed by atoms with Crippen LogP contribution >= 0.6 is 0 Å². The van der Waals surface area contributed by atoms with Crippen molar-refractivity contribution in [1.29, 1.82) is 0 Å². The van der Waals surface area contributed by atoms with Gasteiger partial charge in [-0.3, -0.25) is 4.98 Å². The molecule has 31 heavy (non-hydrogen) atoms. The number of benzene rings is 1. The minimum absolute atomic E-state index is 0.698. The van der Waals surface area contributed by atoms with E-state index in [4.69, 9.17) is 14.7 Å². The van der Waals surface area contributed by atoms with Crippen molar-refractivity contribution >= 4 is 22.7 Å². The third kappa shape index (κ3) is 4.36. The zero-order valence-corrected chi connectivity index (χ0v) is 17.6. The third-order valence-electron chi connectivity index (χ3n) is 5.53. The van der Waals surface area contributed by atoms with Crippen molar-refractivity contribution in [3.05, 3.63) is 66.1 Å². The van der Waals surface area contributed by atoms with Crippen LogP contribution in [0.4, 0.5) is 11.8 Å². The molecule has 1 fully saturated rings. The van der Waals surface area contributed by atoms with Gasteiger partial charge in [0.15, 0.2) is 0 Å². The van der Waals surface area contributed by atoms with Crippen LogP contribution in [0.1, 0.15) is 11.3 Å². The maximum absolute atomic E-state index is 5.52. The molecule has 0 radical (unpaired) electrons. The van der Waals surface area contributed by atoms with Gasteiger partial charge in [-0.2, -0.15) is 4.98 Å². The first-order chi connectivity index (χ1) is 15.3. The van der Waals surface area contributed by atoms with Crippen molar-refractivity contribution < 1.29 is 4.74 Å². The summed E-state index contributed by atoms with van der Waals surface area (Å²) in [5.41, 5.74) is 5.48. The van der Waals surface area contributed by atoms with Gasteiger partial charge in [-0.05, 0) is 37.1 Å². The van der Waals surface area contributed by atoms with Gasteiger partial charge in [0.05, 0.1) is 18.9 Å². The minimum Gasteiger partial charge on any atom is -0.378 e. The zero-order valence-electron chi connectivity index (χ0n) is 17.6. The molecular weight excluding hydrogens is 388 g/mol. The number of nitrogens with one attached hydrogen (secondary N) is 2. The maximum Gasteiger partial charge on any atom is 0.228 e. The SMILES string of the molecule is Cc1cc2c(-c3cc(NCCc4cccnc4)nc(N4CCOCC4)n3)cccc2[nH]1. The van der Waals surface area contributed by atoms with Crippen LogP contribution in [0, 0.1) is 6.92 Å².